The number of benzene rings is 3. The monoisotopic (exact) mass is 394 g/mol. The Kier molecular flexibility index (Phi) is 5.52. The minimum atomic E-state index is 0.180. The van der Waals surface area contributed by atoms with Crippen LogP contribution in [-0.2, 0) is 0 Å². The number of nitrogens with zero attached hydrogens (tertiary/aromatic N) is 3. The third-order valence-corrected chi connectivity index (χ3v) is 4.76. The van der Waals surface area contributed by atoms with Crippen molar-refractivity contribution in [3.63, 3.8) is 0 Å². The molecule has 0 spiro atoms. The van der Waals surface area contributed by atoms with Gasteiger partial charge in [-0.05, 0) is 32.0 Å². The second-order valence-electron chi connectivity index (χ2n) is 7.02. The molecule has 4 rings (SSSR count). The Morgan fingerprint density at radius 3 is 2.07 bits per heavy atom. The molecule has 0 saturated heterocycles. The summed E-state index contributed by atoms with van der Waals surface area (Å²) in [5.74, 6) is 0.571. The normalized spacial score (nSPS) is 11.3. The predicted octanol–water partition coefficient (Wildman–Crippen LogP) is 5.66. The molecule has 5 nitrogen and oxygen atoms in total. The summed E-state index contributed by atoms with van der Waals surface area (Å²) in [6, 6.07) is 27.3. The van der Waals surface area contributed by atoms with Crippen LogP contribution in [0.4, 0.5) is 5.95 Å². The Morgan fingerprint density at radius 1 is 0.800 bits per heavy atom. The van der Waals surface area contributed by atoms with E-state index in [-0.39, 0.29) is 5.75 Å². The molecule has 0 saturated carbocycles. The lowest BCUT2D eigenvalue weighted by molar-refractivity contribution is 0.474. The number of aryl methyl sites for hydroxylation is 1. The number of aromatic hydroxyl groups is 1. The quantitative estimate of drug-likeness (QED) is 0.338. The summed E-state index contributed by atoms with van der Waals surface area (Å²) < 4.78 is 0. The van der Waals surface area contributed by atoms with Gasteiger partial charge in [-0.2, -0.15) is 5.10 Å². The number of hydrogen-bond donors (Lipinski definition) is 2. The average Bonchev–Trinajstić information content (AvgIpc) is 2.78. The Balaban J connectivity index is 1.73. The van der Waals surface area contributed by atoms with Crippen molar-refractivity contribution in [2.24, 2.45) is 5.10 Å². The standard InChI is InChI=1S/C25H22N4O/c1-17-12-14-20(15-13-17)23-16-22(19-8-4-3-5-9-19)26-25(27-23)29-28-18(2)21-10-6-7-11-24(21)30/h3-16,30H,1-2H3,(H,26,27,29)/b28-18-. The zero-order chi connectivity index (χ0) is 20.9. The molecule has 0 amide bonds. The number of rotatable bonds is 5. The molecule has 0 aliphatic rings. The van der Waals surface area contributed by atoms with Gasteiger partial charge in [-0.3, -0.25) is 0 Å². The van der Waals surface area contributed by atoms with Crippen LogP contribution < -0.4 is 5.43 Å². The third-order valence-electron chi connectivity index (χ3n) is 4.76. The van der Waals surface area contributed by atoms with E-state index in [0.717, 1.165) is 22.5 Å². The van der Waals surface area contributed by atoms with Crippen LogP contribution >= 0.6 is 0 Å². The first-order chi connectivity index (χ1) is 14.6. The van der Waals surface area contributed by atoms with Gasteiger partial charge in [0.1, 0.15) is 5.75 Å². The van der Waals surface area contributed by atoms with Crippen LogP contribution in [0.3, 0.4) is 0 Å². The van der Waals surface area contributed by atoms with Crippen molar-refractivity contribution in [3.8, 4) is 28.3 Å². The number of nitrogens with one attached hydrogen (secondary N) is 1. The lowest BCUT2D eigenvalue weighted by Crippen LogP contribution is -2.04. The number of aromatic nitrogens is 2. The Labute approximate surface area is 175 Å². The molecule has 30 heavy (non-hydrogen) atoms. The first-order valence-electron chi connectivity index (χ1n) is 9.70. The number of para-hydroxylation sites is 1. The molecule has 1 heterocycles. The minimum Gasteiger partial charge on any atom is -0.507 e. The molecule has 3 aromatic carbocycles. The molecule has 0 unspecified atom stereocenters. The van der Waals surface area contributed by atoms with Crippen LogP contribution in [0.2, 0.25) is 0 Å². The van der Waals surface area contributed by atoms with E-state index in [4.69, 9.17) is 0 Å². The fourth-order valence-corrected chi connectivity index (χ4v) is 3.10. The van der Waals surface area contributed by atoms with Crippen molar-refractivity contribution < 1.29 is 5.11 Å². The molecule has 0 fully saturated rings. The van der Waals surface area contributed by atoms with Gasteiger partial charge in [0, 0.05) is 16.7 Å². The van der Waals surface area contributed by atoms with Crippen LogP contribution in [0.25, 0.3) is 22.5 Å². The SMILES string of the molecule is C/C(=N/Nc1nc(-c2ccccc2)cc(-c2ccc(C)cc2)n1)c1ccccc1O. The molecular formula is C25H22N4O. The number of phenols is 1. The molecule has 0 aliphatic carbocycles. The van der Waals surface area contributed by atoms with Crippen LogP contribution in [0.15, 0.2) is 90.0 Å². The number of hydrazone groups is 1. The molecule has 0 atom stereocenters. The number of anilines is 1. The lowest BCUT2D eigenvalue weighted by atomic mass is 10.1. The van der Waals surface area contributed by atoms with Gasteiger partial charge in [0.25, 0.3) is 0 Å². The van der Waals surface area contributed by atoms with Crippen LogP contribution in [0.5, 0.6) is 5.75 Å². The summed E-state index contributed by atoms with van der Waals surface area (Å²) in [4.78, 5) is 9.30. The summed E-state index contributed by atoms with van der Waals surface area (Å²) >= 11 is 0. The van der Waals surface area contributed by atoms with Crippen LogP contribution in [0, 0.1) is 6.92 Å². The molecule has 2 N–H and O–H groups in total. The predicted molar refractivity (Wildman–Crippen MR) is 122 cm³/mol. The van der Waals surface area contributed by atoms with E-state index in [1.165, 1.54) is 5.56 Å². The van der Waals surface area contributed by atoms with Gasteiger partial charge in [0.15, 0.2) is 0 Å². The summed E-state index contributed by atoms with van der Waals surface area (Å²) in [7, 11) is 0. The molecule has 148 valence electrons. The zero-order valence-electron chi connectivity index (χ0n) is 16.9. The minimum absolute atomic E-state index is 0.180. The Morgan fingerprint density at radius 2 is 1.40 bits per heavy atom. The van der Waals surface area contributed by atoms with Gasteiger partial charge in [-0.25, -0.2) is 15.4 Å². The maximum atomic E-state index is 10.0. The van der Waals surface area contributed by atoms with Crippen LogP contribution in [0.1, 0.15) is 18.1 Å². The second kappa shape index (κ2) is 8.57. The summed E-state index contributed by atoms with van der Waals surface area (Å²) in [6.07, 6.45) is 0. The summed E-state index contributed by atoms with van der Waals surface area (Å²) in [5.41, 5.74) is 9.06. The first-order valence-corrected chi connectivity index (χ1v) is 9.70. The van der Waals surface area contributed by atoms with Gasteiger partial charge < -0.3 is 5.11 Å². The highest BCUT2D eigenvalue weighted by atomic mass is 16.3. The average molecular weight is 394 g/mol. The Bertz CT molecular complexity index is 1190. The van der Waals surface area contributed by atoms with Crippen molar-refractivity contribution in [2.75, 3.05) is 5.43 Å². The van der Waals surface area contributed by atoms with Crippen molar-refractivity contribution in [3.05, 3.63) is 96.1 Å². The lowest BCUT2D eigenvalue weighted by Gasteiger charge is -2.09. The van der Waals surface area contributed by atoms with E-state index in [1.807, 2.05) is 67.6 Å². The summed E-state index contributed by atoms with van der Waals surface area (Å²) in [5, 5.41) is 14.4. The van der Waals surface area contributed by atoms with Gasteiger partial charge in [0.05, 0.1) is 17.1 Å². The first kappa shape index (κ1) is 19.3. The zero-order valence-corrected chi connectivity index (χ0v) is 16.9. The third kappa shape index (κ3) is 4.36. The van der Waals surface area contributed by atoms with Crippen molar-refractivity contribution in [1.29, 1.82) is 0 Å². The van der Waals surface area contributed by atoms with Crippen molar-refractivity contribution in [2.45, 2.75) is 13.8 Å². The second-order valence-corrected chi connectivity index (χ2v) is 7.02. The van der Waals surface area contributed by atoms with Gasteiger partial charge in [-0.15, -0.1) is 0 Å². The maximum Gasteiger partial charge on any atom is 0.244 e. The van der Waals surface area contributed by atoms with Crippen molar-refractivity contribution in [1.82, 2.24) is 9.97 Å². The largest absolute Gasteiger partial charge is 0.507 e. The molecule has 0 radical (unpaired) electrons. The number of phenolic OH excluding ortho intramolecular Hbond substituents is 1. The summed E-state index contributed by atoms with van der Waals surface area (Å²) in [6.45, 7) is 3.88. The number of hydrogen-bond acceptors (Lipinski definition) is 5. The fraction of sp³-hybridized carbons (Fsp3) is 0.0800. The molecule has 5 heteroatoms. The van der Waals surface area contributed by atoms with E-state index in [2.05, 4.69) is 39.6 Å². The molecule has 4 aromatic rings. The van der Waals surface area contributed by atoms with Crippen molar-refractivity contribution >= 4 is 11.7 Å². The molecule has 1 aromatic heterocycles. The van der Waals surface area contributed by atoms with E-state index in [9.17, 15) is 5.11 Å². The van der Waals surface area contributed by atoms with E-state index < -0.39 is 0 Å². The van der Waals surface area contributed by atoms with Gasteiger partial charge in [-0.1, -0.05) is 72.3 Å². The van der Waals surface area contributed by atoms with E-state index >= 15 is 0 Å². The van der Waals surface area contributed by atoms with Crippen LogP contribution in [-0.4, -0.2) is 20.8 Å². The van der Waals surface area contributed by atoms with E-state index in [1.54, 1.807) is 12.1 Å². The molecular weight excluding hydrogens is 372 g/mol. The topological polar surface area (TPSA) is 70.4 Å². The highest BCUT2D eigenvalue weighted by Crippen LogP contribution is 2.25. The highest BCUT2D eigenvalue weighted by Gasteiger charge is 2.09. The highest BCUT2D eigenvalue weighted by molar-refractivity contribution is 6.01. The molecule has 0 aliphatic heterocycles. The molecule has 0 bridgehead atoms. The maximum absolute atomic E-state index is 10.0. The fourth-order valence-electron chi connectivity index (χ4n) is 3.10. The smallest absolute Gasteiger partial charge is 0.244 e. The van der Waals surface area contributed by atoms with E-state index in [0.29, 0.717) is 17.2 Å². The van der Waals surface area contributed by atoms with Gasteiger partial charge in [0.2, 0.25) is 5.95 Å². The Hall–Kier alpha value is -3.99. The van der Waals surface area contributed by atoms with Gasteiger partial charge >= 0.3 is 0 Å².